The van der Waals surface area contributed by atoms with Crippen LogP contribution >= 0.6 is 11.3 Å². The second-order valence-corrected chi connectivity index (χ2v) is 5.15. The van der Waals surface area contributed by atoms with Gasteiger partial charge in [-0.3, -0.25) is 0 Å². The predicted octanol–water partition coefficient (Wildman–Crippen LogP) is 3.46. The van der Waals surface area contributed by atoms with Crippen LogP contribution in [0.5, 0.6) is 0 Å². The number of benzene rings is 1. The highest BCUT2D eigenvalue weighted by Crippen LogP contribution is 2.24. The van der Waals surface area contributed by atoms with Crippen LogP contribution < -0.4 is 11.1 Å². The van der Waals surface area contributed by atoms with Gasteiger partial charge in [-0.2, -0.15) is 0 Å². The van der Waals surface area contributed by atoms with Crippen LogP contribution in [0.4, 0.5) is 11.4 Å². The number of nitrogens with two attached hydrogens (primary N) is 1. The highest BCUT2D eigenvalue weighted by molar-refractivity contribution is 7.11. The summed E-state index contributed by atoms with van der Waals surface area (Å²) in [6.45, 7) is 4.27. The van der Waals surface area contributed by atoms with E-state index in [1.165, 1.54) is 4.88 Å². The SMILES string of the molecule is CCc1cnc(C(C)Nc2ccc(N)cc2)s1. The quantitative estimate of drug-likeness (QED) is 0.813. The lowest BCUT2D eigenvalue weighted by Crippen LogP contribution is -2.05. The monoisotopic (exact) mass is 247 g/mol. The van der Waals surface area contributed by atoms with Gasteiger partial charge < -0.3 is 11.1 Å². The van der Waals surface area contributed by atoms with Crippen molar-refractivity contribution >= 4 is 22.7 Å². The molecular weight excluding hydrogens is 230 g/mol. The van der Waals surface area contributed by atoms with Crippen LogP contribution in [0, 0.1) is 0 Å². The van der Waals surface area contributed by atoms with Crippen LogP contribution in [0.2, 0.25) is 0 Å². The molecule has 0 saturated heterocycles. The molecule has 1 aromatic heterocycles. The van der Waals surface area contributed by atoms with E-state index in [1.54, 1.807) is 11.3 Å². The first-order valence-electron chi connectivity index (χ1n) is 5.75. The van der Waals surface area contributed by atoms with Crippen molar-refractivity contribution in [2.24, 2.45) is 0 Å². The highest BCUT2D eigenvalue weighted by Gasteiger charge is 2.09. The maximum Gasteiger partial charge on any atom is 0.115 e. The van der Waals surface area contributed by atoms with Gasteiger partial charge in [-0.05, 0) is 37.6 Å². The molecule has 0 aliphatic rings. The standard InChI is InChI=1S/C13H17N3S/c1-3-12-8-15-13(17-12)9(2)16-11-6-4-10(14)5-7-11/h4-9,16H,3,14H2,1-2H3. The Kier molecular flexibility index (Phi) is 3.64. The molecule has 1 heterocycles. The Morgan fingerprint density at radius 2 is 2.06 bits per heavy atom. The van der Waals surface area contributed by atoms with Crippen LogP contribution in [0.3, 0.4) is 0 Å². The van der Waals surface area contributed by atoms with Gasteiger partial charge in [0.15, 0.2) is 0 Å². The third kappa shape index (κ3) is 2.97. The summed E-state index contributed by atoms with van der Waals surface area (Å²) >= 11 is 1.77. The molecule has 90 valence electrons. The van der Waals surface area contributed by atoms with Gasteiger partial charge in [0, 0.05) is 22.4 Å². The number of anilines is 2. The van der Waals surface area contributed by atoms with E-state index in [0.717, 1.165) is 22.8 Å². The average molecular weight is 247 g/mol. The topological polar surface area (TPSA) is 50.9 Å². The molecule has 0 amide bonds. The number of thiazole rings is 1. The fourth-order valence-electron chi connectivity index (χ4n) is 1.58. The number of aryl methyl sites for hydroxylation is 1. The molecule has 2 aromatic rings. The van der Waals surface area contributed by atoms with Crippen molar-refractivity contribution in [3.05, 3.63) is 40.3 Å². The van der Waals surface area contributed by atoms with Crippen molar-refractivity contribution in [1.82, 2.24) is 4.98 Å². The largest absolute Gasteiger partial charge is 0.399 e. The molecule has 0 radical (unpaired) electrons. The van der Waals surface area contributed by atoms with Gasteiger partial charge in [-0.25, -0.2) is 4.98 Å². The summed E-state index contributed by atoms with van der Waals surface area (Å²) in [7, 11) is 0. The fraction of sp³-hybridized carbons (Fsp3) is 0.308. The number of rotatable bonds is 4. The minimum absolute atomic E-state index is 0.226. The van der Waals surface area contributed by atoms with Gasteiger partial charge >= 0.3 is 0 Å². The predicted molar refractivity (Wildman–Crippen MR) is 74.4 cm³/mol. The van der Waals surface area contributed by atoms with E-state index in [2.05, 4.69) is 24.1 Å². The van der Waals surface area contributed by atoms with E-state index in [-0.39, 0.29) is 6.04 Å². The first kappa shape index (κ1) is 11.9. The second kappa shape index (κ2) is 5.19. The zero-order valence-corrected chi connectivity index (χ0v) is 10.9. The van der Waals surface area contributed by atoms with Crippen LogP contribution in [0.25, 0.3) is 0 Å². The molecule has 0 aliphatic carbocycles. The fourth-order valence-corrected chi connectivity index (χ4v) is 2.44. The smallest absolute Gasteiger partial charge is 0.115 e. The summed E-state index contributed by atoms with van der Waals surface area (Å²) in [4.78, 5) is 5.76. The minimum atomic E-state index is 0.226. The number of hydrogen-bond donors (Lipinski definition) is 2. The molecule has 17 heavy (non-hydrogen) atoms. The molecule has 1 atom stereocenters. The van der Waals surface area contributed by atoms with Gasteiger partial charge in [-0.15, -0.1) is 11.3 Å². The summed E-state index contributed by atoms with van der Waals surface area (Å²) in [6, 6.07) is 7.99. The molecule has 0 saturated carbocycles. The van der Waals surface area contributed by atoms with E-state index >= 15 is 0 Å². The Morgan fingerprint density at radius 3 is 2.65 bits per heavy atom. The van der Waals surface area contributed by atoms with Crippen LogP contribution in [-0.2, 0) is 6.42 Å². The lowest BCUT2D eigenvalue weighted by Gasteiger charge is -2.12. The van der Waals surface area contributed by atoms with Crippen molar-refractivity contribution in [3.63, 3.8) is 0 Å². The number of nitrogen functional groups attached to an aromatic ring is 1. The molecule has 0 spiro atoms. The lowest BCUT2D eigenvalue weighted by atomic mass is 10.2. The van der Waals surface area contributed by atoms with Crippen molar-refractivity contribution in [2.75, 3.05) is 11.1 Å². The molecule has 1 aromatic carbocycles. The van der Waals surface area contributed by atoms with Crippen molar-refractivity contribution in [2.45, 2.75) is 26.3 Å². The number of nitrogens with one attached hydrogen (secondary N) is 1. The minimum Gasteiger partial charge on any atom is -0.399 e. The number of aromatic nitrogens is 1. The van der Waals surface area contributed by atoms with Crippen molar-refractivity contribution in [3.8, 4) is 0 Å². The molecule has 1 unspecified atom stereocenters. The third-order valence-electron chi connectivity index (χ3n) is 2.58. The van der Waals surface area contributed by atoms with E-state index in [0.29, 0.717) is 0 Å². The van der Waals surface area contributed by atoms with Gasteiger partial charge in [0.1, 0.15) is 5.01 Å². The Morgan fingerprint density at radius 1 is 1.35 bits per heavy atom. The zero-order chi connectivity index (χ0) is 12.3. The molecule has 0 aliphatic heterocycles. The van der Waals surface area contributed by atoms with Gasteiger partial charge in [0.25, 0.3) is 0 Å². The molecule has 0 fully saturated rings. The lowest BCUT2D eigenvalue weighted by molar-refractivity contribution is 0.869. The Balaban J connectivity index is 2.05. The molecule has 2 rings (SSSR count). The molecular formula is C13H17N3S. The van der Waals surface area contributed by atoms with E-state index < -0.39 is 0 Å². The summed E-state index contributed by atoms with van der Waals surface area (Å²) in [5.41, 5.74) is 7.50. The maximum atomic E-state index is 5.65. The Hall–Kier alpha value is -1.55. The number of nitrogens with zero attached hydrogens (tertiary/aromatic N) is 1. The molecule has 3 N–H and O–H groups in total. The third-order valence-corrected chi connectivity index (χ3v) is 3.91. The van der Waals surface area contributed by atoms with E-state index in [9.17, 15) is 0 Å². The Bertz CT molecular complexity index is 476. The van der Waals surface area contributed by atoms with Crippen LogP contribution in [-0.4, -0.2) is 4.98 Å². The van der Waals surface area contributed by atoms with Gasteiger partial charge in [0.05, 0.1) is 6.04 Å². The van der Waals surface area contributed by atoms with Crippen molar-refractivity contribution in [1.29, 1.82) is 0 Å². The summed E-state index contributed by atoms with van der Waals surface area (Å²) < 4.78 is 0. The molecule has 4 heteroatoms. The molecule has 3 nitrogen and oxygen atoms in total. The highest BCUT2D eigenvalue weighted by atomic mass is 32.1. The van der Waals surface area contributed by atoms with E-state index in [1.807, 2.05) is 30.5 Å². The van der Waals surface area contributed by atoms with Gasteiger partial charge in [0.2, 0.25) is 0 Å². The normalized spacial score (nSPS) is 12.4. The Labute approximate surface area is 106 Å². The average Bonchev–Trinajstić information content (AvgIpc) is 2.81. The summed E-state index contributed by atoms with van der Waals surface area (Å²) in [5.74, 6) is 0. The van der Waals surface area contributed by atoms with E-state index in [4.69, 9.17) is 5.73 Å². The first-order valence-corrected chi connectivity index (χ1v) is 6.57. The number of hydrogen-bond acceptors (Lipinski definition) is 4. The zero-order valence-electron chi connectivity index (χ0n) is 10.1. The summed E-state index contributed by atoms with van der Waals surface area (Å²) in [5, 5.41) is 4.54. The molecule has 0 bridgehead atoms. The van der Waals surface area contributed by atoms with Gasteiger partial charge in [-0.1, -0.05) is 6.92 Å². The second-order valence-electron chi connectivity index (χ2n) is 4.01. The van der Waals surface area contributed by atoms with Crippen LogP contribution in [0.1, 0.15) is 29.8 Å². The first-order chi connectivity index (χ1) is 8.19. The van der Waals surface area contributed by atoms with Crippen LogP contribution in [0.15, 0.2) is 30.5 Å². The van der Waals surface area contributed by atoms with Crippen molar-refractivity contribution < 1.29 is 0 Å². The summed E-state index contributed by atoms with van der Waals surface area (Å²) in [6.07, 6.45) is 3.01. The maximum absolute atomic E-state index is 5.65.